The molecular weight excluding hydrogens is 248 g/mol. The number of fused-ring (bicyclic) bond motifs is 1. The van der Waals surface area contributed by atoms with Crippen molar-refractivity contribution in [1.82, 2.24) is 4.98 Å². The summed E-state index contributed by atoms with van der Waals surface area (Å²) in [4.78, 5) is 4.21. The first kappa shape index (κ1) is 8.67. The molecule has 0 N–H and O–H groups in total. The fourth-order valence-corrected chi connectivity index (χ4v) is 2.78. The molecule has 4 heteroatoms. The van der Waals surface area contributed by atoms with Crippen molar-refractivity contribution in [1.29, 1.82) is 5.26 Å². The number of thiophene rings is 1. The summed E-state index contributed by atoms with van der Waals surface area (Å²) in [5.41, 5.74) is 2.62. The summed E-state index contributed by atoms with van der Waals surface area (Å²) in [6.07, 6.45) is 1.62. The largest absolute Gasteiger partial charge is 0.253 e. The second-order valence-electron chi connectivity index (χ2n) is 2.67. The van der Waals surface area contributed by atoms with Crippen LogP contribution in [0.15, 0.2) is 16.0 Å². The monoisotopic (exact) mass is 252 g/mol. The molecule has 0 saturated carbocycles. The summed E-state index contributed by atoms with van der Waals surface area (Å²) in [5, 5.41) is 10.8. The maximum atomic E-state index is 8.79. The molecule has 0 amide bonds. The second kappa shape index (κ2) is 3.09. The quantitative estimate of drug-likeness (QED) is 0.722. The van der Waals surface area contributed by atoms with Crippen LogP contribution in [0.5, 0.6) is 0 Å². The van der Waals surface area contributed by atoms with E-state index in [1.54, 1.807) is 17.5 Å². The molecule has 0 saturated heterocycles. The summed E-state index contributed by atoms with van der Waals surface area (Å²) in [6, 6.07) is 2.13. The Morgan fingerprint density at radius 2 is 2.38 bits per heavy atom. The van der Waals surface area contributed by atoms with Gasteiger partial charge >= 0.3 is 0 Å². The van der Waals surface area contributed by atoms with Crippen LogP contribution in [-0.2, 0) is 0 Å². The predicted octanol–water partition coefficient (Wildman–Crippen LogP) is 3.24. The van der Waals surface area contributed by atoms with Gasteiger partial charge in [-0.05, 0) is 28.4 Å². The van der Waals surface area contributed by atoms with E-state index in [1.165, 1.54) is 0 Å². The standard InChI is InChI=1S/C9H5BrN2S/c1-5-6(2-11)3-12-8-7(10)4-13-9(5)8/h3-4H,1H3. The summed E-state index contributed by atoms with van der Waals surface area (Å²) in [6.45, 7) is 1.95. The van der Waals surface area contributed by atoms with E-state index in [4.69, 9.17) is 5.26 Å². The predicted molar refractivity (Wildman–Crippen MR) is 56.8 cm³/mol. The fourth-order valence-electron chi connectivity index (χ4n) is 1.18. The molecule has 0 aromatic carbocycles. The van der Waals surface area contributed by atoms with Gasteiger partial charge in [-0.15, -0.1) is 11.3 Å². The highest BCUT2D eigenvalue weighted by atomic mass is 79.9. The summed E-state index contributed by atoms with van der Waals surface area (Å²) in [5.74, 6) is 0. The van der Waals surface area contributed by atoms with Crippen molar-refractivity contribution in [3.63, 3.8) is 0 Å². The minimum absolute atomic E-state index is 0.654. The van der Waals surface area contributed by atoms with Gasteiger partial charge in [0.15, 0.2) is 0 Å². The number of nitriles is 1. The van der Waals surface area contributed by atoms with Gasteiger partial charge in [-0.3, -0.25) is 4.98 Å². The number of hydrogen-bond donors (Lipinski definition) is 0. The molecule has 0 fully saturated rings. The molecule has 2 aromatic rings. The first-order valence-corrected chi connectivity index (χ1v) is 5.33. The Hall–Kier alpha value is -0.920. The average Bonchev–Trinajstić information content (AvgIpc) is 2.50. The van der Waals surface area contributed by atoms with Gasteiger partial charge in [-0.25, -0.2) is 0 Å². The SMILES string of the molecule is Cc1c(C#N)cnc2c(Br)csc12. The molecule has 0 aliphatic heterocycles. The Kier molecular flexibility index (Phi) is 2.06. The lowest BCUT2D eigenvalue weighted by atomic mass is 10.2. The van der Waals surface area contributed by atoms with Crippen LogP contribution in [0, 0.1) is 18.3 Å². The Balaban J connectivity index is 2.90. The molecule has 0 bridgehead atoms. The zero-order valence-corrected chi connectivity index (χ0v) is 9.24. The van der Waals surface area contributed by atoms with E-state index in [1.807, 2.05) is 12.3 Å². The van der Waals surface area contributed by atoms with Crippen LogP contribution in [0.1, 0.15) is 11.1 Å². The highest BCUT2D eigenvalue weighted by molar-refractivity contribution is 9.10. The number of rotatable bonds is 0. The normalized spacial score (nSPS) is 10.2. The Labute approximate surface area is 88.0 Å². The van der Waals surface area contributed by atoms with Crippen LogP contribution >= 0.6 is 27.3 Å². The smallest absolute Gasteiger partial charge is 0.101 e. The zero-order valence-electron chi connectivity index (χ0n) is 6.84. The van der Waals surface area contributed by atoms with E-state index in [0.29, 0.717) is 5.56 Å². The molecule has 2 rings (SSSR count). The molecule has 0 radical (unpaired) electrons. The molecule has 0 aliphatic carbocycles. The lowest BCUT2D eigenvalue weighted by Crippen LogP contribution is -1.84. The molecule has 0 aliphatic rings. The number of aryl methyl sites for hydroxylation is 1. The summed E-state index contributed by atoms with van der Waals surface area (Å²) < 4.78 is 2.09. The fraction of sp³-hybridized carbons (Fsp3) is 0.111. The van der Waals surface area contributed by atoms with E-state index in [2.05, 4.69) is 27.0 Å². The van der Waals surface area contributed by atoms with Crippen molar-refractivity contribution in [3.05, 3.63) is 27.2 Å². The van der Waals surface area contributed by atoms with E-state index < -0.39 is 0 Å². The summed E-state index contributed by atoms with van der Waals surface area (Å²) in [7, 11) is 0. The topological polar surface area (TPSA) is 36.7 Å². The Morgan fingerprint density at radius 3 is 3.08 bits per heavy atom. The van der Waals surface area contributed by atoms with Gasteiger partial charge in [-0.1, -0.05) is 0 Å². The molecule has 0 unspecified atom stereocenters. The molecule has 0 atom stereocenters. The molecule has 2 aromatic heterocycles. The maximum Gasteiger partial charge on any atom is 0.101 e. The van der Waals surface area contributed by atoms with Crippen LogP contribution in [-0.4, -0.2) is 4.98 Å². The van der Waals surface area contributed by atoms with Crippen LogP contribution in [0.4, 0.5) is 0 Å². The zero-order chi connectivity index (χ0) is 9.42. The van der Waals surface area contributed by atoms with Gasteiger partial charge in [0.1, 0.15) is 6.07 Å². The molecule has 2 heterocycles. The molecule has 0 spiro atoms. The highest BCUT2D eigenvalue weighted by Gasteiger charge is 2.08. The number of halogens is 1. The van der Waals surface area contributed by atoms with Crippen LogP contribution in [0.2, 0.25) is 0 Å². The molecular formula is C9H5BrN2S. The van der Waals surface area contributed by atoms with Crippen LogP contribution in [0.3, 0.4) is 0 Å². The Bertz CT molecular complexity index is 510. The highest BCUT2D eigenvalue weighted by Crippen LogP contribution is 2.31. The van der Waals surface area contributed by atoms with Crippen molar-refractivity contribution in [3.8, 4) is 6.07 Å². The lowest BCUT2D eigenvalue weighted by molar-refractivity contribution is 1.33. The van der Waals surface area contributed by atoms with Crippen molar-refractivity contribution < 1.29 is 0 Å². The average molecular weight is 253 g/mol. The third-order valence-corrected chi connectivity index (χ3v) is 3.91. The van der Waals surface area contributed by atoms with Gasteiger partial charge in [0, 0.05) is 11.6 Å². The van der Waals surface area contributed by atoms with Gasteiger partial charge in [-0.2, -0.15) is 5.26 Å². The summed E-state index contributed by atoms with van der Waals surface area (Å²) >= 11 is 5.02. The van der Waals surface area contributed by atoms with Gasteiger partial charge in [0.25, 0.3) is 0 Å². The second-order valence-corrected chi connectivity index (χ2v) is 4.40. The number of hydrogen-bond acceptors (Lipinski definition) is 3. The van der Waals surface area contributed by atoms with E-state index in [9.17, 15) is 0 Å². The first-order chi connectivity index (χ1) is 6.24. The number of aromatic nitrogens is 1. The van der Waals surface area contributed by atoms with Crippen molar-refractivity contribution in [2.75, 3.05) is 0 Å². The van der Waals surface area contributed by atoms with E-state index in [0.717, 1.165) is 20.3 Å². The van der Waals surface area contributed by atoms with E-state index in [-0.39, 0.29) is 0 Å². The Morgan fingerprint density at radius 1 is 1.62 bits per heavy atom. The van der Waals surface area contributed by atoms with Gasteiger partial charge in [0.2, 0.25) is 0 Å². The van der Waals surface area contributed by atoms with Crippen molar-refractivity contribution in [2.45, 2.75) is 6.92 Å². The van der Waals surface area contributed by atoms with Gasteiger partial charge < -0.3 is 0 Å². The van der Waals surface area contributed by atoms with Crippen molar-refractivity contribution >= 4 is 37.5 Å². The minimum Gasteiger partial charge on any atom is -0.253 e. The molecule has 2 nitrogen and oxygen atoms in total. The third-order valence-electron chi connectivity index (χ3n) is 1.91. The van der Waals surface area contributed by atoms with Crippen LogP contribution in [0.25, 0.3) is 10.2 Å². The van der Waals surface area contributed by atoms with Crippen molar-refractivity contribution in [2.24, 2.45) is 0 Å². The maximum absolute atomic E-state index is 8.79. The first-order valence-electron chi connectivity index (χ1n) is 3.66. The third kappa shape index (κ3) is 1.25. The minimum atomic E-state index is 0.654. The van der Waals surface area contributed by atoms with Crippen LogP contribution < -0.4 is 0 Å². The lowest BCUT2D eigenvalue weighted by Gasteiger charge is -1.97. The number of pyridine rings is 1. The van der Waals surface area contributed by atoms with E-state index >= 15 is 0 Å². The van der Waals surface area contributed by atoms with Gasteiger partial charge in [0.05, 0.1) is 20.3 Å². The molecule has 64 valence electrons. The number of nitrogens with zero attached hydrogens (tertiary/aromatic N) is 2. The molecule has 13 heavy (non-hydrogen) atoms.